The third-order valence-electron chi connectivity index (χ3n) is 4.61. The molecule has 0 amide bonds. The minimum atomic E-state index is -0.0486. The van der Waals surface area contributed by atoms with E-state index in [-0.39, 0.29) is 6.10 Å². The maximum absolute atomic E-state index is 10.0. The molecule has 1 aliphatic heterocycles. The highest BCUT2D eigenvalue weighted by molar-refractivity contribution is 4.82. The molecule has 3 nitrogen and oxygen atoms in total. The molecule has 3 atom stereocenters. The lowest BCUT2D eigenvalue weighted by atomic mass is 9.86. The highest BCUT2D eigenvalue weighted by atomic mass is 16.3. The second-order valence-electron chi connectivity index (χ2n) is 6.11. The number of hydrogen-bond donors (Lipinski definition) is 1. The quantitative estimate of drug-likeness (QED) is 0.811. The van der Waals surface area contributed by atoms with Gasteiger partial charge in [0.15, 0.2) is 0 Å². The molecule has 2 rings (SSSR count). The van der Waals surface area contributed by atoms with E-state index in [1.165, 1.54) is 45.2 Å². The van der Waals surface area contributed by atoms with E-state index < -0.39 is 0 Å². The topological polar surface area (TPSA) is 26.7 Å². The van der Waals surface area contributed by atoms with Crippen LogP contribution >= 0.6 is 0 Å². The molecule has 2 aliphatic rings. The summed E-state index contributed by atoms with van der Waals surface area (Å²) in [5, 5.41) is 10.0. The molecule has 0 radical (unpaired) electrons. The minimum Gasteiger partial charge on any atom is -0.393 e. The van der Waals surface area contributed by atoms with Gasteiger partial charge in [-0.2, -0.15) is 0 Å². The summed E-state index contributed by atoms with van der Waals surface area (Å²) in [7, 11) is 4.46. The molecule has 17 heavy (non-hydrogen) atoms. The summed E-state index contributed by atoms with van der Waals surface area (Å²) in [5.74, 6) is 0.515. The monoisotopic (exact) mass is 240 g/mol. The number of nitrogens with zero attached hydrogens (tertiary/aromatic N) is 2. The Hall–Kier alpha value is -0.120. The number of likely N-dealkylation sites (tertiary alicyclic amines) is 1. The molecule has 0 bridgehead atoms. The first-order valence-electron chi connectivity index (χ1n) is 7.23. The maximum atomic E-state index is 10.0. The summed E-state index contributed by atoms with van der Waals surface area (Å²) in [4.78, 5) is 4.93. The Kier molecular flexibility index (Phi) is 4.83. The van der Waals surface area contributed by atoms with Crippen LogP contribution < -0.4 is 0 Å². The van der Waals surface area contributed by atoms with Gasteiger partial charge in [0.05, 0.1) is 6.10 Å². The number of aliphatic hydroxyl groups is 1. The summed E-state index contributed by atoms with van der Waals surface area (Å²) in [6, 6.07) is 0.697. The normalized spacial score (nSPS) is 36.4. The van der Waals surface area contributed by atoms with E-state index in [0.717, 1.165) is 13.0 Å². The molecular formula is C14H28N2O. The Morgan fingerprint density at radius 2 is 1.94 bits per heavy atom. The Bertz CT molecular complexity index is 234. The summed E-state index contributed by atoms with van der Waals surface area (Å²) in [6.45, 7) is 3.52. The van der Waals surface area contributed by atoms with E-state index in [1.54, 1.807) is 0 Å². The van der Waals surface area contributed by atoms with Crippen molar-refractivity contribution in [3.8, 4) is 0 Å². The van der Waals surface area contributed by atoms with Gasteiger partial charge in [0.2, 0.25) is 0 Å². The number of hydrogen-bond acceptors (Lipinski definition) is 3. The summed E-state index contributed by atoms with van der Waals surface area (Å²) >= 11 is 0. The van der Waals surface area contributed by atoms with Crippen LogP contribution in [0.3, 0.4) is 0 Å². The fourth-order valence-corrected chi connectivity index (χ4v) is 3.42. The average Bonchev–Trinajstić information content (AvgIpc) is 2.32. The van der Waals surface area contributed by atoms with Crippen LogP contribution in [0.15, 0.2) is 0 Å². The summed E-state index contributed by atoms with van der Waals surface area (Å²) in [5.41, 5.74) is 0. The second kappa shape index (κ2) is 6.17. The SMILES string of the molecule is CN1CCCC(N(C)CC2CCCCC2O)C1. The Morgan fingerprint density at radius 1 is 1.18 bits per heavy atom. The molecule has 0 aromatic heterocycles. The lowest BCUT2D eigenvalue weighted by Crippen LogP contribution is -2.47. The van der Waals surface area contributed by atoms with Crippen LogP contribution in [0, 0.1) is 5.92 Å². The highest BCUT2D eigenvalue weighted by Crippen LogP contribution is 2.26. The Morgan fingerprint density at radius 3 is 2.65 bits per heavy atom. The predicted molar refractivity (Wildman–Crippen MR) is 71.1 cm³/mol. The summed E-state index contributed by atoms with van der Waals surface area (Å²) < 4.78 is 0. The third-order valence-corrected chi connectivity index (χ3v) is 4.61. The average molecular weight is 240 g/mol. The van der Waals surface area contributed by atoms with Gasteiger partial charge in [-0.1, -0.05) is 12.8 Å². The number of aliphatic hydroxyl groups excluding tert-OH is 1. The van der Waals surface area contributed by atoms with Gasteiger partial charge in [-0.05, 0) is 52.2 Å². The van der Waals surface area contributed by atoms with Gasteiger partial charge in [-0.15, -0.1) is 0 Å². The van der Waals surface area contributed by atoms with E-state index in [9.17, 15) is 5.11 Å². The molecule has 0 spiro atoms. The first-order chi connectivity index (χ1) is 8.16. The molecule has 0 aromatic rings. The van der Waals surface area contributed by atoms with Crippen molar-refractivity contribution in [1.82, 2.24) is 9.80 Å². The van der Waals surface area contributed by atoms with E-state index in [4.69, 9.17) is 0 Å². The molecule has 1 saturated heterocycles. The first-order valence-corrected chi connectivity index (χ1v) is 7.23. The van der Waals surface area contributed by atoms with Crippen molar-refractivity contribution < 1.29 is 5.11 Å². The lowest BCUT2D eigenvalue weighted by Gasteiger charge is -2.39. The van der Waals surface area contributed by atoms with Crippen LogP contribution in [0.2, 0.25) is 0 Å². The zero-order valence-electron chi connectivity index (χ0n) is 11.4. The van der Waals surface area contributed by atoms with Gasteiger partial charge in [-0.25, -0.2) is 0 Å². The van der Waals surface area contributed by atoms with Crippen LogP contribution in [-0.4, -0.2) is 60.8 Å². The Balaban J connectivity index is 1.80. The molecule has 1 aliphatic carbocycles. The molecule has 3 heteroatoms. The summed E-state index contributed by atoms with van der Waals surface area (Å²) in [6.07, 6.45) is 7.35. The molecule has 2 fully saturated rings. The zero-order valence-corrected chi connectivity index (χ0v) is 11.4. The van der Waals surface area contributed by atoms with Crippen molar-refractivity contribution >= 4 is 0 Å². The fraction of sp³-hybridized carbons (Fsp3) is 1.00. The van der Waals surface area contributed by atoms with Crippen molar-refractivity contribution in [2.75, 3.05) is 33.7 Å². The molecule has 100 valence electrons. The van der Waals surface area contributed by atoms with Gasteiger partial charge in [0.1, 0.15) is 0 Å². The van der Waals surface area contributed by atoms with E-state index in [1.807, 2.05) is 0 Å². The highest BCUT2D eigenvalue weighted by Gasteiger charge is 2.27. The number of rotatable bonds is 3. The van der Waals surface area contributed by atoms with Gasteiger partial charge >= 0.3 is 0 Å². The Labute approximate surface area is 106 Å². The van der Waals surface area contributed by atoms with Gasteiger partial charge < -0.3 is 14.9 Å². The van der Waals surface area contributed by atoms with Crippen LogP contribution in [0.4, 0.5) is 0 Å². The second-order valence-corrected chi connectivity index (χ2v) is 6.11. The minimum absolute atomic E-state index is 0.0486. The zero-order chi connectivity index (χ0) is 12.3. The standard InChI is InChI=1S/C14H28N2O/c1-15-9-5-7-13(11-15)16(2)10-12-6-3-4-8-14(12)17/h12-14,17H,3-11H2,1-2H3. The van der Waals surface area contributed by atoms with Crippen LogP contribution in [0.25, 0.3) is 0 Å². The first kappa shape index (κ1) is 13.3. The van der Waals surface area contributed by atoms with Crippen molar-refractivity contribution in [2.24, 2.45) is 5.92 Å². The molecular weight excluding hydrogens is 212 g/mol. The predicted octanol–water partition coefficient (Wildman–Crippen LogP) is 1.56. The van der Waals surface area contributed by atoms with Gasteiger partial charge in [0, 0.05) is 19.1 Å². The molecule has 3 unspecified atom stereocenters. The van der Waals surface area contributed by atoms with Crippen LogP contribution in [0.5, 0.6) is 0 Å². The van der Waals surface area contributed by atoms with Crippen molar-refractivity contribution in [2.45, 2.75) is 50.7 Å². The van der Waals surface area contributed by atoms with Crippen molar-refractivity contribution in [3.05, 3.63) is 0 Å². The number of likely N-dealkylation sites (N-methyl/N-ethyl adjacent to an activating group) is 2. The van der Waals surface area contributed by atoms with Gasteiger partial charge in [0.25, 0.3) is 0 Å². The van der Waals surface area contributed by atoms with Crippen molar-refractivity contribution in [1.29, 1.82) is 0 Å². The fourth-order valence-electron chi connectivity index (χ4n) is 3.42. The third kappa shape index (κ3) is 3.67. The van der Waals surface area contributed by atoms with E-state index in [2.05, 4.69) is 23.9 Å². The van der Waals surface area contributed by atoms with E-state index >= 15 is 0 Å². The van der Waals surface area contributed by atoms with Crippen LogP contribution in [0.1, 0.15) is 38.5 Å². The lowest BCUT2D eigenvalue weighted by molar-refractivity contribution is 0.0336. The smallest absolute Gasteiger partial charge is 0.0580 e. The largest absolute Gasteiger partial charge is 0.393 e. The van der Waals surface area contributed by atoms with Gasteiger partial charge in [-0.3, -0.25) is 0 Å². The molecule has 1 heterocycles. The molecule has 0 aromatic carbocycles. The molecule has 1 saturated carbocycles. The molecule has 1 N–H and O–H groups in total. The number of piperidine rings is 1. The maximum Gasteiger partial charge on any atom is 0.0580 e. The van der Waals surface area contributed by atoms with Crippen LogP contribution in [-0.2, 0) is 0 Å². The van der Waals surface area contributed by atoms with Crippen molar-refractivity contribution in [3.63, 3.8) is 0 Å². The van der Waals surface area contributed by atoms with E-state index in [0.29, 0.717) is 12.0 Å².